The molecule has 2 aromatic heterocycles. The highest BCUT2D eigenvalue weighted by molar-refractivity contribution is 5.66. The quantitative estimate of drug-likeness (QED) is 0.573. The molecule has 14 heavy (non-hydrogen) atoms. The van der Waals surface area contributed by atoms with E-state index in [0.29, 0.717) is 0 Å². The highest BCUT2D eigenvalue weighted by Gasteiger charge is 2.17. The maximum absolute atomic E-state index is 10.3. The molecule has 72 valence electrons. The van der Waals surface area contributed by atoms with Gasteiger partial charge in [-0.2, -0.15) is 0 Å². The zero-order valence-corrected chi connectivity index (χ0v) is 6.84. The molecule has 0 bridgehead atoms. The molecule has 0 saturated heterocycles. The molecule has 7 heteroatoms. The van der Waals surface area contributed by atoms with Gasteiger partial charge in [-0.3, -0.25) is 10.1 Å². The van der Waals surface area contributed by atoms with Crippen molar-refractivity contribution in [3.63, 3.8) is 0 Å². The summed E-state index contributed by atoms with van der Waals surface area (Å²) in [6.07, 6.45) is 1.30. The van der Waals surface area contributed by atoms with Crippen LogP contribution < -0.4 is 5.73 Å². The number of aromatic nitrogens is 1. The second kappa shape index (κ2) is 2.87. The van der Waals surface area contributed by atoms with Crippen molar-refractivity contribution in [3.8, 4) is 11.5 Å². The zero-order chi connectivity index (χ0) is 10.1. The largest absolute Gasteiger partial charge is 0.433 e. The lowest BCUT2D eigenvalue weighted by Gasteiger charge is -1.88. The highest BCUT2D eigenvalue weighted by atomic mass is 16.6. The first-order valence-electron chi connectivity index (χ1n) is 3.63. The van der Waals surface area contributed by atoms with Crippen LogP contribution in [0.1, 0.15) is 0 Å². The smallest absolute Gasteiger partial charge is 0.397 e. The normalized spacial score (nSPS) is 10.3. The number of nitrogens with zero attached hydrogens (tertiary/aromatic N) is 2. The van der Waals surface area contributed by atoms with Gasteiger partial charge in [-0.15, -0.1) is 0 Å². The van der Waals surface area contributed by atoms with Crippen LogP contribution in [0.2, 0.25) is 0 Å². The number of hydrogen-bond acceptors (Lipinski definition) is 6. The Balaban J connectivity index is 2.43. The van der Waals surface area contributed by atoms with Gasteiger partial charge in [0, 0.05) is 0 Å². The van der Waals surface area contributed by atoms with Crippen LogP contribution in [0.5, 0.6) is 0 Å². The fraction of sp³-hybridized carbons (Fsp3) is 0. The molecule has 0 fully saturated rings. The molecule has 0 atom stereocenters. The van der Waals surface area contributed by atoms with Crippen molar-refractivity contribution in [2.75, 3.05) is 5.73 Å². The summed E-state index contributed by atoms with van der Waals surface area (Å²) in [7, 11) is 0. The van der Waals surface area contributed by atoms with Crippen molar-refractivity contribution < 1.29 is 13.9 Å². The highest BCUT2D eigenvalue weighted by Crippen LogP contribution is 2.29. The van der Waals surface area contributed by atoms with Crippen LogP contribution >= 0.6 is 0 Å². The Labute approximate surface area is 77.2 Å². The summed E-state index contributed by atoms with van der Waals surface area (Å²) < 4.78 is 9.61. The average Bonchev–Trinajstić information content (AvgIpc) is 2.71. The summed E-state index contributed by atoms with van der Waals surface area (Å²) in [5, 5.41) is 13.7. The molecule has 7 nitrogen and oxygen atoms in total. The minimum Gasteiger partial charge on any atom is -0.397 e. The van der Waals surface area contributed by atoms with E-state index < -0.39 is 4.92 Å². The van der Waals surface area contributed by atoms with E-state index in [1.54, 1.807) is 0 Å². The lowest BCUT2D eigenvalue weighted by molar-refractivity contribution is -0.401. The lowest BCUT2D eigenvalue weighted by atomic mass is 10.3. The maximum Gasteiger partial charge on any atom is 0.433 e. The predicted molar refractivity (Wildman–Crippen MR) is 45.3 cm³/mol. The van der Waals surface area contributed by atoms with Crippen molar-refractivity contribution in [1.29, 1.82) is 0 Å². The molecule has 2 aromatic rings. The van der Waals surface area contributed by atoms with Crippen LogP contribution in [0, 0.1) is 10.1 Å². The number of hydrogen-bond donors (Lipinski definition) is 1. The standard InChI is InChI=1S/C7H5N3O4/c8-4-3-9-14-7(4)5-1-2-6(13-5)10(11)12/h1-3H,8H2. The summed E-state index contributed by atoms with van der Waals surface area (Å²) in [5.41, 5.74) is 5.74. The molecule has 0 spiro atoms. The summed E-state index contributed by atoms with van der Waals surface area (Å²) in [6, 6.07) is 2.62. The Kier molecular flexibility index (Phi) is 1.70. The number of furan rings is 1. The molecule has 2 rings (SSSR count). The Hall–Kier alpha value is -2.31. The Bertz CT molecular complexity index is 473. The molecule has 0 amide bonds. The second-order valence-corrected chi connectivity index (χ2v) is 2.51. The Morgan fingerprint density at radius 1 is 1.50 bits per heavy atom. The fourth-order valence-corrected chi connectivity index (χ4v) is 0.982. The average molecular weight is 195 g/mol. The van der Waals surface area contributed by atoms with Gasteiger partial charge in [-0.25, -0.2) is 0 Å². The predicted octanol–water partition coefficient (Wildman–Crippen LogP) is 1.43. The molecule has 0 aliphatic heterocycles. The van der Waals surface area contributed by atoms with Crippen LogP contribution in [0.25, 0.3) is 11.5 Å². The van der Waals surface area contributed by atoms with Crippen molar-refractivity contribution in [2.45, 2.75) is 0 Å². The first-order chi connectivity index (χ1) is 6.68. The summed E-state index contributed by atoms with van der Waals surface area (Å²) in [4.78, 5) is 9.66. The number of nitro groups is 1. The first-order valence-corrected chi connectivity index (χ1v) is 3.63. The molecule has 0 unspecified atom stereocenters. The Morgan fingerprint density at radius 2 is 2.29 bits per heavy atom. The fourth-order valence-electron chi connectivity index (χ4n) is 0.982. The number of rotatable bonds is 2. The van der Waals surface area contributed by atoms with E-state index in [4.69, 9.17) is 14.7 Å². The molecule has 2 heterocycles. The SMILES string of the molecule is Nc1cnoc1-c1ccc([N+](=O)[O-])o1. The number of anilines is 1. The van der Waals surface area contributed by atoms with Gasteiger partial charge in [-0.05, 0) is 6.07 Å². The molecule has 2 N–H and O–H groups in total. The minimum atomic E-state index is -0.643. The molecule has 0 radical (unpaired) electrons. The van der Waals surface area contributed by atoms with Crippen molar-refractivity contribution >= 4 is 11.6 Å². The molecular weight excluding hydrogens is 190 g/mol. The van der Waals surface area contributed by atoms with Crippen LogP contribution in [-0.2, 0) is 0 Å². The second-order valence-electron chi connectivity index (χ2n) is 2.51. The minimum absolute atomic E-state index is 0.187. The molecule has 0 aromatic carbocycles. The number of nitrogen functional groups attached to an aromatic ring is 1. The Morgan fingerprint density at radius 3 is 2.79 bits per heavy atom. The van der Waals surface area contributed by atoms with Crippen LogP contribution in [0.3, 0.4) is 0 Å². The van der Waals surface area contributed by atoms with Crippen LogP contribution in [0.4, 0.5) is 11.6 Å². The van der Waals surface area contributed by atoms with Crippen molar-refractivity contribution in [3.05, 3.63) is 28.4 Å². The van der Waals surface area contributed by atoms with E-state index in [2.05, 4.69) is 5.16 Å². The van der Waals surface area contributed by atoms with E-state index >= 15 is 0 Å². The third-order valence-corrected chi connectivity index (χ3v) is 1.59. The van der Waals surface area contributed by atoms with E-state index in [0.717, 1.165) is 0 Å². The molecule has 0 aliphatic carbocycles. The van der Waals surface area contributed by atoms with Gasteiger partial charge in [0.15, 0.2) is 5.76 Å². The zero-order valence-electron chi connectivity index (χ0n) is 6.84. The van der Waals surface area contributed by atoms with Gasteiger partial charge in [0.1, 0.15) is 10.6 Å². The summed E-state index contributed by atoms with van der Waals surface area (Å²) in [6.45, 7) is 0. The van der Waals surface area contributed by atoms with Crippen molar-refractivity contribution in [2.24, 2.45) is 0 Å². The van der Waals surface area contributed by atoms with Gasteiger partial charge >= 0.3 is 5.88 Å². The molecular formula is C7H5N3O4. The first kappa shape index (κ1) is 8.30. The van der Waals surface area contributed by atoms with E-state index in [9.17, 15) is 10.1 Å². The van der Waals surface area contributed by atoms with E-state index in [1.165, 1.54) is 18.3 Å². The third kappa shape index (κ3) is 1.20. The van der Waals surface area contributed by atoms with Crippen molar-refractivity contribution in [1.82, 2.24) is 5.16 Å². The number of nitrogens with two attached hydrogens (primary N) is 1. The summed E-state index contributed by atoms with van der Waals surface area (Å²) in [5.74, 6) is 0.0144. The van der Waals surface area contributed by atoms with Gasteiger partial charge in [0.2, 0.25) is 5.76 Å². The topological polar surface area (TPSA) is 108 Å². The van der Waals surface area contributed by atoms with E-state index in [1.807, 2.05) is 0 Å². The molecule has 0 aliphatic rings. The van der Waals surface area contributed by atoms with Gasteiger partial charge in [-0.1, -0.05) is 5.16 Å². The van der Waals surface area contributed by atoms with E-state index in [-0.39, 0.29) is 23.1 Å². The third-order valence-electron chi connectivity index (χ3n) is 1.59. The van der Waals surface area contributed by atoms with Gasteiger partial charge in [0.05, 0.1) is 12.3 Å². The monoisotopic (exact) mass is 195 g/mol. The van der Waals surface area contributed by atoms with Gasteiger partial charge < -0.3 is 14.7 Å². The lowest BCUT2D eigenvalue weighted by Crippen LogP contribution is -1.84. The van der Waals surface area contributed by atoms with Crippen LogP contribution in [-0.4, -0.2) is 10.1 Å². The summed E-state index contributed by atoms with van der Waals surface area (Å²) >= 11 is 0. The van der Waals surface area contributed by atoms with Crippen LogP contribution in [0.15, 0.2) is 27.3 Å². The van der Waals surface area contributed by atoms with Gasteiger partial charge in [0.25, 0.3) is 0 Å². The molecule has 0 saturated carbocycles. The maximum atomic E-state index is 10.3.